The van der Waals surface area contributed by atoms with Crippen molar-refractivity contribution in [2.75, 3.05) is 5.32 Å². The molecule has 0 bridgehead atoms. The molecule has 3 aromatic heterocycles. The molecule has 0 fully saturated rings. The second-order valence-corrected chi connectivity index (χ2v) is 7.76. The van der Waals surface area contributed by atoms with Crippen LogP contribution in [0.15, 0.2) is 64.1 Å². The van der Waals surface area contributed by atoms with Crippen LogP contribution >= 0.6 is 22.7 Å². The standard InChI is InChI=1S/C20H15N3O2S2/c1-12-4-6-13(7-5-12)16-11-27-20(22-16)23-19(25)14-8-9-15(21-18(14)24)17-3-2-10-26-17/h2-11H,1H3,(H,21,24)(H,22,23,25). The second kappa shape index (κ2) is 7.30. The maximum absolute atomic E-state index is 12.5. The molecule has 3 heterocycles. The Morgan fingerprint density at radius 2 is 1.89 bits per heavy atom. The van der Waals surface area contributed by atoms with Crippen molar-refractivity contribution >= 4 is 33.7 Å². The Labute approximate surface area is 163 Å². The molecule has 1 amide bonds. The van der Waals surface area contributed by atoms with E-state index in [1.54, 1.807) is 6.07 Å². The van der Waals surface area contributed by atoms with E-state index in [-0.39, 0.29) is 5.56 Å². The smallest absolute Gasteiger partial charge is 0.263 e. The van der Waals surface area contributed by atoms with E-state index in [2.05, 4.69) is 15.3 Å². The van der Waals surface area contributed by atoms with E-state index in [1.807, 2.05) is 54.1 Å². The number of aryl methyl sites for hydroxylation is 1. The van der Waals surface area contributed by atoms with Crippen molar-refractivity contribution in [1.82, 2.24) is 9.97 Å². The molecular formula is C20H15N3O2S2. The number of anilines is 1. The van der Waals surface area contributed by atoms with Gasteiger partial charge in [-0.25, -0.2) is 4.98 Å². The van der Waals surface area contributed by atoms with Gasteiger partial charge >= 0.3 is 0 Å². The van der Waals surface area contributed by atoms with E-state index in [1.165, 1.54) is 34.3 Å². The number of thiazole rings is 1. The summed E-state index contributed by atoms with van der Waals surface area (Å²) in [5.41, 5.74) is 3.28. The fraction of sp³-hybridized carbons (Fsp3) is 0.0500. The fourth-order valence-corrected chi connectivity index (χ4v) is 4.00. The topological polar surface area (TPSA) is 74.8 Å². The lowest BCUT2D eigenvalue weighted by Crippen LogP contribution is -2.23. The van der Waals surface area contributed by atoms with Crippen LogP contribution in [0.5, 0.6) is 0 Å². The number of hydrogen-bond donors (Lipinski definition) is 2. The summed E-state index contributed by atoms with van der Waals surface area (Å²) in [6, 6.07) is 15.1. The summed E-state index contributed by atoms with van der Waals surface area (Å²) < 4.78 is 0. The summed E-state index contributed by atoms with van der Waals surface area (Å²) in [5, 5.41) is 6.97. The number of amides is 1. The van der Waals surface area contributed by atoms with Gasteiger partial charge in [-0.1, -0.05) is 35.9 Å². The molecule has 0 saturated carbocycles. The lowest BCUT2D eigenvalue weighted by atomic mass is 10.1. The molecule has 0 unspecified atom stereocenters. The van der Waals surface area contributed by atoms with E-state index in [0.29, 0.717) is 10.8 Å². The maximum Gasteiger partial charge on any atom is 0.263 e. The normalized spacial score (nSPS) is 10.7. The molecule has 0 saturated heterocycles. The summed E-state index contributed by atoms with van der Waals surface area (Å²) in [7, 11) is 0. The minimum atomic E-state index is -0.473. The van der Waals surface area contributed by atoms with Gasteiger partial charge in [0.2, 0.25) is 0 Å². The van der Waals surface area contributed by atoms with Gasteiger partial charge in [0.1, 0.15) is 5.56 Å². The lowest BCUT2D eigenvalue weighted by Gasteiger charge is -2.03. The average Bonchev–Trinajstić information content (AvgIpc) is 3.34. The summed E-state index contributed by atoms with van der Waals surface area (Å²) in [4.78, 5) is 32.9. The van der Waals surface area contributed by atoms with E-state index >= 15 is 0 Å². The van der Waals surface area contributed by atoms with Gasteiger partial charge in [-0.05, 0) is 30.5 Å². The number of aromatic nitrogens is 2. The zero-order valence-electron chi connectivity index (χ0n) is 14.4. The number of rotatable bonds is 4. The minimum absolute atomic E-state index is 0.0578. The highest BCUT2D eigenvalue weighted by Gasteiger charge is 2.14. The molecule has 5 nitrogen and oxygen atoms in total. The molecule has 2 N–H and O–H groups in total. The third kappa shape index (κ3) is 3.74. The van der Waals surface area contributed by atoms with Crippen molar-refractivity contribution < 1.29 is 4.79 Å². The van der Waals surface area contributed by atoms with Gasteiger partial charge in [0.15, 0.2) is 5.13 Å². The van der Waals surface area contributed by atoms with E-state index < -0.39 is 11.5 Å². The second-order valence-electron chi connectivity index (χ2n) is 5.95. The van der Waals surface area contributed by atoms with E-state index in [0.717, 1.165) is 16.1 Å². The van der Waals surface area contributed by atoms with Gasteiger partial charge < -0.3 is 4.98 Å². The molecule has 0 aliphatic rings. The highest BCUT2D eigenvalue weighted by atomic mass is 32.1. The van der Waals surface area contributed by atoms with Crippen molar-refractivity contribution in [3.8, 4) is 21.8 Å². The van der Waals surface area contributed by atoms with Gasteiger partial charge in [-0.15, -0.1) is 22.7 Å². The number of nitrogens with one attached hydrogen (secondary N) is 2. The van der Waals surface area contributed by atoms with Crippen LogP contribution in [0.4, 0.5) is 5.13 Å². The monoisotopic (exact) mass is 393 g/mol. The van der Waals surface area contributed by atoms with Crippen molar-refractivity contribution in [1.29, 1.82) is 0 Å². The number of benzene rings is 1. The Morgan fingerprint density at radius 1 is 1.07 bits per heavy atom. The van der Waals surface area contributed by atoms with Crippen LogP contribution in [0.2, 0.25) is 0 Å². The van der Waals surface area contributed by atoms with Crippen LogP contribution in [-0.4, -0.2) is 15.9 Å². The van der Waals surface area contributed by atoms with Gasteiger partial charge in [0.25, 0.3) is 11.5 Å². The Morgan fingerprint density at radius 3 is 2.59 bits per heavy atom. The summed E-state index contributed by atoms with van der Waals surface area (Å²) in [6.07, 6.45) is 0. The quantitative estimate of drug-likeness (QED) is 0.524. The SMILES string of the molecule is Cc1ccc(-c2csc(NC(=O)c3ccc(-c4cccs4)[nH]c3=O)n2)cc1. The molecular weight excluding hydrogens is 378 g/mol. The number of carbonyl (C=O) groups excluding carboxylic acids is 1. The molecule has 0 spiro atoms. The number of pyridine rings is 1. The predicted molar refractivity (Wildman–Crippen MR) is 111 cm³/mol. The molecule has 0 radical (unpaired) electrons. The first kappa shape index (κ1) is 17.4. The van der Waals surface area contributed by atoms with Crippen LogP contribution in [0, 0.1) is 6.92 Å². The van der Waals surface area contributed by atoms with Crippen LogP contribution in [0.25, 0.3) is 21.8 Å². The number of thiophene rings is 1. The first-order chi connectivity index (χ1) is 13.1. The lowest BCUT2D eigenvalue weighted by molar-refractivity contribution is 0.102. The number of nitrogens with zero attached hydrogens (tertiary/aromatic N) is 1. The summed E-state index contributed by atoms with van der Waals surface area (Å²) >= 11 is 2.85. The number of hydrogen-bond acceptors (Lipinski definition) is 5. The van der Waals surface area contributed by atoms with Crippen LogP contribution in [0.3, 0.4) is 0 Å². The van der Waals surface area contributed by atoms with Gasteiger partial charge in [-0.3, -0.25) is 14.9 Å². The molecule has 0 aliphatic heterocycles. The van der Waals surface area contributed by atoms with Gasteiger partial charge in [0.05, 0.1) is 16.3 Å². The molecule has 0 atom stereocenters. The Hall–Kier alpha value is -3.03. The van der Waals surface area contributed by atoms with Crippen LogP contribution in [0.1, 0.15) is 15.9 Å². The van der Waals surface area contributed by atoms with Crippen molar-refractivity contribution in [3.05, 3.63) is 80.8 Å². The minimum Gasteiger partial charge on any atom is -0.321 e. The van der Waals surface area contributed by atoms with E-state index in [9.17, 15) is 9.59 Å². The van der Waals surface area contributed by atoms with Crippen molar-refractivity contribution in [2.24, 2.45) is 0 Å². The maximum atomic E-state index is 12.5. The van der Waals surface area contributed by atoms with Gasteiger partial charge in [0, 0.05) is 10.9 Å². The molecule has 7 heteroatoms. The number of carbonyl (C=O) groups is 1. The number of H-pyrrole nitrogens is 1. The first-order valence-corrected chi connectivity index (χ1v) is 9.97. The first-order valence-electron chi connectivity index (χ1n) is 8.21. The zero-order chi connectivity index (χ0) is 18.8. The van der Waals surface area contributed by atoms with Crippen LogP contribution < -0.4 is 10.9 Å². The van der Waals surface area contributed by atoms with Gasteiger partial charge in [-0.2, -0.15) is 0 Å². The molecule has 4 rings (SSSR count). The fourth-order valence-electron chi connectivity index (χ4n) is 2.58. The van der Waals surface area contributed by atoms with Crippen LogP contribution in [-0.2, 0) is 0 Å². The summed E-state index contributed by atoms with van der Waals surface area (Å²) in [6.45, 7) is 2.03. The Balaban J connectivity index is 1.53. The highest BCUT2D eigenvalue weighted by Crippen LogP contribution is 2.25. The Bertz CT molecular complexity index is 1140. The van der Waals surface area contributed by atoms with Crippen molar-refractivity contribution in [3.63, 3.8) is 0 Å². The third-order valence-electron chi connectivity index (χ3n) is 4.01. The van der Waals surface area contributed by atoms with Crippen molar-refractivity contribution in [2.45, 2.75) is 6.92 Å². The van der Waals surface area contributed by atoms with E-state index in [4.69, 9.17) is 0 Å². The number of aromatic amines is 1. The third-order valence-corrected chi connectivity index (χ3v) is 5.67. The molecule has 134 valence electrons. The molecule has 0 aliphatic carbocycles. The molecule has 4 aromatic rings. The summed E-state index contributed by atoms with van der Waals surface area (Å²) in [5.74, 6) is -0.473. The molecule has 27 heavy (non-hydrogen) atoms. The average molecular weight is 393 g/mol. The predicted octanol–water partition coefficient (Wildman–Crippen LogP) is 4.79. The molecule has 1 aromatic carbocycles. The highest BCUT2D eigenvalue weighted by molar-refractivity contribution is 7.14. The Kier molecular flexibility index (Phi) is 4.70. The zero-order valence-corrected chi connectivity index (χ0v) is 16.0. The largest absolute Gasteiger partial charge is 0.321 e.